The summed E-state index contributed by atoms with van der Waals surface area (Å²) in [6, 6.07) is 0.495. The van der Waals surface area contributed by atoms with Gasteiger partial charge in [-0.1, -0.05) is 13.3 Å². The molecule has 1 amide bonds. The van der Waals surface area contributed by atoms with Crippen molar-refractivity contribution in [2.45, 2.75) is 57.9 Å². The molecule has 2 aliphatic carbocycles. The van der Waals surface area contributed by atoms with Gasteiger partial charge in [0.2, 0.25) is 5.91 Å². The first kappa shape index (κ1) is 12.5. The van der Waals surface area contributed by atoms with Gasteiger partial charge in [-0.15, -0.1) is 0 Å². The second-order valence-corrected chi connectivity index (χ2v) is 6.64. The highest BCUT2D eigenvalue weighted by Crippen LogP contribution is 2.45. The molecule has 0 spiro atoms. The highest BCUT2D eigenvalue weighted by Gasteiger charge is 2.44. The van der Waals surface area contributed by atoms with Crippen molar-refractivity contribution in [3.63, 3.8) is 0 Å². The Kier molecular flexibility index (Phi) is 3.35. The number of piperidine rings is 1. The number of nitrogens with one attached hydrogen (secondary N) is 2. The van der Waals surface area contributed by atoms with Crippen molar-refractivity contribution >= 4 is 5.91 Å². The Balaban J connectivity index is 1.63. The average molecular weight is 250 g/mol. The zero-order valence-corrected chi connectivity index (χ0v) is 11.5. The molecule has 1 aliphatic heterocycles. The molecule has 3 nitrogen and oxygen atoms in total. The molecule has 3 atom stereocenters. The molecule has 0 aromatic carbocycles. The molecular weight excluding hydrogens is 224 g/mol. The second-order valence-electron chi connectivity index (χ2n) is 6.64. The standard InChI is InChI=1S/C15H26N2O/c1-2-15(5-7-16-8-6-15)14(18)17-13-10-11-3-4-12(13)9-11/h11-13,16H,2-10H2,1H3,(H,17,18). The Hall–Kier alpha value is -0.570. The van der Waals surface area contributed by atoms with Crippen LogP contribution in [0.1, 0.15) is 51.9 Å². The smallest absolute Gasteiger partial charge is 0.226 e. The first-order valence-corrected chi connectivity index (χ1v) is 7.75. The van der Waals surface area contributed by atoms with Crippen LogP contribution in [0.15, 0.2) is 0 Å². The Labute approximate surface area is 110 Å². The summed E-state index contributed by atoms with van der Waals surface area (Å²) in [5, 5.41) is 6.77. The fourth-order valence-electron chi connectivity index (χ4n) is 4.39. The largest absolute Gasteiger partial charge is 0.353 e. The summed E-state index contributed by atoms with van der Waals surface area (Å²) in [7, 11) is 0. The van der Waals surface area contributed by atoms with Crippen molar-refractivity contribution in [3.8, 4) is 0 Å². The van der Waals surface area contributed by atoms with Crippen molar-refractivity contribution in [3.05, 3.63) is 0 Å². The van der Waals surface area contributed by atoms with Crippen LogP contribution in [0.2, 0.25) is 0 Å². The van der Waals surface area contributed by atoms with Crippen molar-refractivity contribution < 1.29 is 4.79 Å². The molecule has 2 N–H and O–H groups in total. The van der Waals surface area contributed by atoms with Gasteiger partial charge in [0.05, 0.1) is 5.41 Å². The Morgan fingerprint density at radius 1 is 1.28 bits per heavy atom. The lowest BCUT2D eigenvalue weighted by Crippen LogP contribution is -2.51. The number of carbonyl (C=O) groups excluding carboxylic acids is 1. The maximum atomic E-state index is 12.6. The van der Waals surface area contributed by atoms with Gasteiger partial charge < -0.3 is 10.6 Å². The molecule has 3 rings (SSSR count). The van der Waals surface area contributed by atoms with Gasteiger partial charge in [-0.2, -0.15) is 0 Å². The third kappa shape index (κ3) is 2.07. The highest BCUT2D eigenvalue weighted by molar-refractivity contribution is 5.83. The van der Waals surface area contributed by atoms with Crippen LogP contribution >= 0.6 is 0 Å². The molecular formula is C15H26N2O. The predicted octanol–water partition coefficient (Wildman–Crippen LogP) is 2.07. The molecule has 2 saturated carbocycles. The van der Waals surface area contributed by atoms with Gasteiger partial charge in [0.25, 0.3) is 0 Å². The third-order valence-corrected chi connectivity index (χ3v) is 5.77. The summed E-state index contributed by atoms with van der Waals surface area (Å²) in [5.41, 5.74) is -0.0763. The maximum Gasteiger partial charge on any atom is 0.226 e. The van der Waals surface area contributed by atoms with E-state index in [9.17, 15) is 4.79 Å². The topological polar surface area (TPSA) is 41.1 Å². The third-order valence-electron chi connectivity index (χ3n) is 5.77. The SMILES string of the molecule is CCC1(C(=O)NC2CC3CCC2C3)CCNCC1. The van der Waals surface area contributed by atoms with Crippen molar-refractivity contribution in [2.24, 2.45) is 17.3 Å². The average Bonchev–Trinajstić information content (AvgIpc) is 3.01. The van der Waals surface area contributed by atoms with Gasteiger partial charge in [0.15, 0.2) is 0 Å². The summed E-state index contributed by atoms with van der Waals surface area (Å²) in [6.45, 7) is 4.17. The van der Waals surface area contributed by atoms with Crippen LogP contribution in [0.4, 0.5) is 0 Å². The minimum absolute atomic E-state index is 0.0763. The Morgan fingerprint density at radius 2 is 2.06 bits per heavy atom. The highest BCUT2D eigenvalue weighted by atomic mass is 16.2. The van der Waals surface area contributed by atoms with E-state index in [0.717, 1.165) is 44.2 Å². The Morgan fingerprint density at radius 3 is 2.61 bits per heavy atom. The summed E-state index contributed by atoms with van der Waals surface area (Å²) < 4.78 is 0. The van der Waals surface area contributed by atoms with Crippen LogP contribution < -0.4 is 10.6 Å². The van der Waals surface area contributed by atoms with Gasteiger partial charge in [-0.05, 0) is 63.5 Å². The lowest BCUT2D eigenvalue weighted by atomic mass is 9.75. The van der Waals surface area contributed by atoms with Crippen LogP contribution in [-0.4, -0.2) is 25.0 Å². The predicted molar refractivity (Wildman–Crippen MR) is 72.2 cm³/mol. The number of fused-ring (bicyclic) bond motifs is 2. The molecule has 0 aromatic heterocycles. The molecule has 3 heteroatoms. The second kappa shape index (κ2) is 4.84. The van der Waals surface area contributed by atoms with Gasteiger partial charge in [-0.25, -0.2) is 0 Å². The van der Waals surface area contributed by atoms with Crippen molar-refractivity contribution in [2.75, 3.05) is 13.1 Å². The van der Waals surface area contributed by atoms with Crippen LogP contribution in [0, 0.1) is 17.3 Å². The van der Waals surface area contributed by atoms with E-state index in [1.54, 1.807) is 0 Å². The van der Waals surface area contributed by atoms with Crippen LogP contribution in [-0.2, 0) is 4.79 Å². The van der Waals surface area contributed by atoms with Crippen molar-refractivity contribution in [1.29, 1.82) is 0 Å². The minimum atomic E-state index is -0.0763. The first-order chi connectivity index (χ1) is 8.73. The van der Waals surface area contributed by atoms with E-state index in [0.29, 0.717) is 11.9 Å². The van der Waals surface area contributed by atoms with Gasteiger partial charge >= 0.3 is 0 Å². The molecule has 0 radical (unpaired) electrons. The lowest BCUT2D eigenvalue weighted by molar-refractivity contribution is -0.134. The molecule has 3 fully saturated rings. The number of hydrogen-bond donors (Lipinski definition) is 2. The number of hydrogen-bond acceptors (Lipinski definition) is 2. The number of carbonyl (C=O) groups is 1. The van der Waals surface area contributed by atoms with E-state index < -0.39 is 0 Å². The van der Waals surface area contributed by atoms with E-state index in [4.69, 9.17) is 0 Å². The zero-order chi connectivity index (χ0) is 12.6. The van der Waals surface area contributed by atoms with E-state index in [2.05, 4.69) is 17.6 Å². The summed E-state index contributed by atoms with van der Waals surface area (Å²) >= 11 is 0. The molecule has 3 unspecified atom stereocenters. The quantitative estimate of drug-likeness (QED) is 0.805. The molecule has 102 valence electrons. The normalized spacial score (nSPS) is 37.7. The van der Waals surface area contributed by atoms with Crippen LogP contribution in [0.3, 0.4) is 0 Å². The molecule has 3 aliphatic rings. The van der Waals surface area contributed by atoms with E-state index in [1.165, 1.54) is 25.7 Å². The van der Waals surface area contributed by atoms with Gasteiger partial charge in [0, 0.05) is 6.04 Å². The van der Waals surface area contributed by atoms with E-state index in [-0.39, 0.29) is 5.41 Å². The van der Waals surface area contributed by atoms with Gasteiger partial charge in [0.1, 0.15) is 0 Å². The van der Waals surface area contributed by atoms with E-state index in [1.807, 2.05) is 0 Å². The number of rotatable bonds is 3. The first-order valence-electron chi connectivity index (χ1n) is 7.75. The van der Waals surface area contributed by atoms with Crippen molar-refractivity contribution in [1.82, 2.24) is 10.6 Å². The fraction of sp³-hybridized carbons (Fsp3) is 0.933. The molecule has 0 aromatic rings. The molecule has 1 heterocycles. The summed E-state index contributed by atoms with van der Waals surface area (Å²) in [6.07, 6.45) is 8.36. The summed E-state index contributed by atoms with van der Waals surface area (Å²) in [4.78, 5) is 12.6. The van der Waals surface area contributed by atoms with Crippen LogP contribution in [0.25, 0.3) is 0 Å². The Bertz CT molecular complexity index is 322. The van der Waals surface area contributed by atoms with Gasteiger partial charge in [-0.3, -0.25) is 4.79 Å². The van der Waals surface area contributed by atoms with Crippen LogP contribution in [0.5, 0.6) is 0 Å². The zero-order valence-electron chi connectivity index (χ0n) is 11.5. The van der Waals surface area contributed by atoms with E-state index >= 15 is 0 Å². The number of amides is 1. The molecule has 1 saturated heterocycles. The molecule has 2 bridgehead atoms. The minimum Gasteiger partial charge on any atom is -0.353 e. The fourth-order valence-corrected chi connectivity index (χ4v) is 4.39. The monoisotopic (exact) mass is 250 g/mol. The maximum absolute atomic E-state index is 12.6. The summed E-state index contributed by atoms with van der Waals surface area (Å²) in [5.74, 6) is 2.05. The molecule has 18 heavy (non-hydrogen) atoms. The lowest BCUT2D eigenvalue weighted by Gasteiger charge is -2.37.